The minimum Gasteiger partial charge on any atom is -0.388 e. The van der Waals surface area contributed by atoms with Crippen molar-refractivity contribution in [2.45, 2.75) is 24.7 Å². The largest absolute Gasteiger partial charge is 0.388 e. The van der Waals surface area contributed by atoms with Gasteiger partial charge in [0.25, 0.3) is 0 Å². The predicted molar refractivity (Wildman–Crippen MR) is 74.0 cm³/mol. The minimum absolute atomic E-state index is 0.000722. The fourth-order valence-electron chi connectivity index (χ4n) is 2.69. The Balaban J connectivity index is 1.90. The van der Waals surface area contributed by atoms with Gasteiger partial charge in [0.05, 0.1) is 18.3 Å². The SMILES string of the molecule is COC1CN(CCC(O)c2cccc(F)c2F)CC1OC. The highest BCUT2D eigenvalue weighted by atomic mass is 19.2. The molecule has 3 atom stereocenters. The summed E-state index contributed by atoms with van der Waals surface area (Å²) in [5.41, 5.74) is 0.000722. The Morgan fingerprint density at radius 1 is 1.24 bits per heavy atom. The maximum absolute atomic E-state index is 13.6. The molecule has 0 saturated carbocycles. The lowest BCUT2D eigenvalue weighted by atomic mass is 10.1. The topological polar surface area (TPSA) is 41.9 Å². The molecule has 2 rings (SSSR count). The maximum atomic E-state index is 13.6. The van der Waals surface area contributed by atoms with Gasteiger partial charge in [0.2, 0.25) is 0 Å². The second-order valence-corrected chi connectivity index (χ2v) is 5.26. The zero-order valence-corrected chi connectivity index (χ0v) is 12.3. The average Bonchev–Trinajstić information content (AvgIpc) is 2.90. The Kier molecular flexibility index (Phi) is 5.64. The number of aliphatic hydroxyl groups is 1. The number of hydrogen-bond donors (Lipinski definition) is 1. The van der Waals surface area contributed by atoms with Crippen LogP contribution in [0, 0.1) is 11.6 Å². The molecule has 21 heavy (non-hydrogen) atoms. The van der Waals surface area contributed by atoms with Gasteiger partial charge in [0, 0.05) is 39.4 Å². The highest BCUT2D eigenvalue weighted by molar-refractivity contribution is 5.21. The zero-order valence-electron chi connectivity index (χ0n) is 12.3. The van der Waals surface area contributed by atoms with Crippen LogP contribution in [0.2, 0.25) is 0 Å². The second-order valence-electron chi connectivity index (χ2n) is 5.26. The summed E-state index contributed by atoms with van der Waals surface area (Å²) in [4.78, 5) is 2.09. The van der Waals surface area contributed by atoms with E-state index in [0.717, 1.165) is 6.07 Å². The molecule has 6 heteroatoms. The van der Waals surface area contributed by atoms with Crippen LogP contribution in [0.25, 0.3) is 0 Å². The molecule has 0 aromatic heterocycles. The fraction of sp³-hybridized carbons (Fsp3) is 0.600. The molecule has 118 valence electrons. The molecule has 0 radical (unpaired) electrons. The molecular weight excluding hydrogens is 280 g/mol. The summed E-state index contributed by atoms with van der Waals surface area (Å²) in [7, 11) is 3.27. The number of halogens is 2. The number of ether oxygens (including phenoxy) is 2. The third-order valence-electron chi connectivity index (χ3n) is 3.96. The molecule has 1 aromatic rings. The van der Waals surface area contributed by atoms with Gasteiger partial charge in [0.15, 0.2) is 11.6 Å². The first kappa shape index (κ1) is 16.3. The fourth-order valence-corrected chi connectivity index (χ4v) is 2.69. The van der Waals surface area contributed by atoms with Crippen molar-refractivity contribution in [1.82, 2.24) is 4.90 Å². The van der Waals surface area contributed by atoms with Crippen LogP contribution in [0.4, 0.5) is 8.78 Å². The number of benzene rings is 1. The molecule has 1 aliphatic rings. The molecule has 1 saturated heterocycles. The van der Waals surface area contributed by atoms with E-state index in [4.69, 9.17) is 9.47 Å². The van der Waals surface area contributed by atoms with Crippen molar-refractivity contribution in [3.8, 4) is 0 Å². The van der Waals surface area contributed by atoms with E-state index in [2.05, 4.69) is 4.90 Å². The van der Waals surface area contributed by atoms with Gasteiger partial charge in [-0.2, -0.15) is 0 Å². The quantitative estimate of drug-likeness (QED) is 0.869. The number of rotatable bonds is 6. The van der Waals surface area contributed by atoms with Gasteiger partial charge in [-0.1, -0.05) is 12.1 Å². The number of aliphatic hydroxyl groups excluding tert-OH is 1. The Bertz CT molecular complexity index is 460. The van der Waals surface area contributed by atoms with Crippen LogP contribution in [-0.2, 0) is 9.47 Å². The highest BCUT2D eigenvalue weighted by Gasteiger charge is 2.32. The van der Waals surface area contributed by atoms with Crippen molar-refractivity contribution in [1.29, 1.82) is 0 Å². The molecule has 1 aromatic carbocycles. The second kappa shape index (κ2) is 7.26. The molecule has 1 aliphatic heterocycles. The summed E-state index contributed by atoms with van der Waals surface area (Å²) in [6.07, 6.45) is -0.702. The third kappa shape index (κ3) is 3.77. The first-order chi connectivity index (χ1) is 10.1. The number of nitrogens with zero attached hydrogens (tertiary/aromatic N) is 1. The van der Waals surface area contributed by atoms with Crippen molar-refractivity contribution in [2.75, 3.05) is 33.9 Å². The van der Waals surface area contributed by atoms with Crippen molar-refractivity contribution in [3.05, 3.63) is 35.4 Å². The number of likely N-dealkylation sites (tertiary alicyclic amines) is 1. The Labute approximate surface area is 123 Å². The Hall–Kier alpha value is -1.08. The molecule has 1 N–H and O–H groups in total. The lowest BCUT2D eigenvalue weighted by Crippen LogP contribution is -2.27. The summed E-state index contributed by atoms with van der Waals surface area (Å²) >= 11 is 0. The summed E-state index contributed by atoms with van der Waals surface area (Å²) < 4.78 is 37.4. The van der Waals surface area contributed by atoms with Crippen LogP contribution in [0.1, 0.15) is 18.1 Å². The maximum Gasteiger partial charge on any atom is 0.164 e. The van der Waals surface area contributed by atoms with E-state index in [0.29, 0.717) is 26.1 Å². The monoisotopic (exact) mass is 301 g/mol. The lowest BCUT2D eigenvalue weighted by Gasteiger charge is -2.18. The Morgan fingerprint density at radius 3 is 2.43 bits per heavy atom. The Morgan fingerprint density at radius 2 is 1.86 bits per heavy atom. The van der Waals surface area contributed by atoms with Gasteiger partial charge in [0.1, 0.15) is 0 Å². The zero-order chi connectivity index (χ0) is 15.4. The first-order valence-electron chi connectivity index (χ1n) is 6.96. The standard InChI is InChI=1S/C15H21F2NO3/c1-20-13-8-18(9-14(13)21-2)7-6-12(19)10-4-3-5-11(16)15(10)17/h3-5,12-14,19H,6-9H2,1-2H3. The van der Waals surface area contributed by atoms with Gasteiger partial charge < -0.3 is 14.6 Å². The van der Waals surface area contributed by atoms with Crippen LogP contribution >= 0.6 is 0 Å². The average molecular weight is 301 g/mol. The van der Waals surface area contributed by atoms with Gasteiger partial charge in [-0.15, -0.1) is 0 Å². The molecule has 0 aliphatic carbocycles. The van der Waals surface area contributed by atoms with Gasteiger partial charge in [-0.05, 0) is 12.5 Å². The van der Waals surface area contributed by atoms with Crippen LogP contribution in [0.3, 0.4) is 0 Å². The van der Waals surface area contributed by atoms with E-state index in [1.807, 2.05) is 0 Å². The van der Waals surface area contributed by atoms with Gasteiger partial charge >= 0.3 is 0 Å². The molecule has 0 spiro atoms. The molecule has 3 unspecified atom stereocenters. The summed E-state index contributed by atoms with van der Waals surface area (Å²) in [5, 5.41) is 10.0. The van der Waals surface area contributed by atoms with Crippen molar-refractivity contribution in [2.24, 2.45) is 0 Å². The molecule has 4 nitrogen and oxygen atoms in total. The number of methoxy groups -OCH3 is 2. The van der Waals surface area contributed by atoms with Gasteiger partial charge in [-0.3, -0.25) is 4.90 Å². The first-order valence-corrected chi connectivity index (χ1v) is 6.96. The van der Waals surface area contributed by atoms with E-state index >= 15 is 0 Å². The van der Waals surface area contributed by atoms with E-state index in [9.17, 15) is 13.9 Å². The van der Waals surface area contributed by atoms with Gasteiger partial charge in [-0.25, -0.2) is 8.78 Å². The van der Waals surface area contributed by atoms with Crippen molar-refractivity contribution in [3.63, 3.8) is 0 Å². The van der Waals surface area contributed by atoms with E-state index < -0.39 is 17.7 Å². The molecular formula is C15H21F2NO3. The molecule has 0 amide bonds. The van der Waals surface area contributed by atoms with Crippen molar-refractivity contribution >= 4 is 0 Å². The van der Waals surface area contributed by atoms with Crippen molar-refractivity contribution < 1.29 is 23.4 Å². The van der Waals surface area contributed by atoms with E-state index in [-0.39, 0.29) is 17.8 Å². The van der Waals surface area contributed by atoms with Crippen LogP contribution < -0.4 is 0 Å². The highest BCUT2D eigenvalue weighted by Crippen LogP contribution is 2.23. The van der Waals surface area contributed by atoms with Crippen LogP contribution in [0.5, 0.6) is 0 Å². The van der Waals surface area contributed by atoms with E-state index in [1.54, 1.807) is 14.2 Å². The lowest BCUT2D eigenvalue weighted by molar-refractivity contribution is -0.00461. The predicted octanol–water partition coefficient (Wildman–Crippen LogP) is 1.73. The molecule has 1 heterocycles. The van der Waals surface area contributed by atoms with Crippen LogP contribution in [0.15, 0.2) is 18.2 Å². The summed E-state index contributed by atoms with van der Waals surface area (Å²) in [6, 6.07) is 3.84. The summed E-state index contributed by atoms with van der Waals surface area (Å²) in [5.74, 6) is -1.91. The normalized spacial score (nSPS) is 24.4. The van der Waals surface area contributed by atoms with Crippen LogP contribution in [-0.4, -0.2) is 56.1 Å². The van der Waals surface area contributed by atoms with E-state index in [1.165, 1.54) is 12.1 Å². The smallest absolute Gasteiger partial charge is 0.164 e. The number of hydrogen-bond acceptors (Lipinski definition) is 4. The minimum atomic E-state index is -1.02. The molecule has 0 bridgehead atoms. The molecule has 1 fully saturated rings. The third-order valence-corrected chi connectivity index (χ3v) is 3.96. The summed E-state index contributed by atoms with van der Waals surface area (Å²) in [6.45, 7) is 1.97.